The summed E-state index contributed by atoms with van der Waals surface area (Å²) in [4.78, 5) is 16.9. The van der Waals surface area contributed by atoms with Crippen molar-refractivity contribution in [1.29, 1.82) is 0 Å². The number of benzene rings is 2. The zero-order chi connectivity index (χ0) is 18.5. The van der Waals surface area contributed by atoms with Crippen molar-refractivity contribution < 1.29 is 4.79 Å². The van der Waals surface area contributed by atoms with Crippen LogP contribution >= 0.6 is 11.6 Å². The molecule has 1 saturated heterocycles. The van der Waals surface area contributed by atoms with Crippen molar-refractivity contribution in [3.8, 4) is 0 Å². The molecule has 26 heavy (non-hydrogen) atoms. The topological polar surface area (TPSA) is 49.6 Å². The number of hydrogen-bond acceptors (Lipinski definition) is 3. The van der Waals surface area contributed by atoms with Crippen LogP contribution in [0.4, 0.5) is 0 Å². The number of rotatable bonds is 5. The summed E-state index contributed by atoms with van der Waals surface area (Å²) in [7, 11) is 0. The molecule has 2 N–H and O–H groups in total. The third-order valence-electron chi connectivity index (χ3n) is 5.14. The Balaban J connectivity index is 1.54. The molecule has 4 nitrogen and oxygen atoms in total. The third kappa shape index (κ3) is 4.44. The lowest BCUT2D eigenvalue weighted by Gasteiger charge is -2.39. The molecule has 1 fully saturated rings. The number of amides is 1. The van der Waals surface area contributed by atoms with Gasteiger partial charge in [-0.05, 0) is 30.5 Å². The third-order valence-corrected chi connectivity index (χ3v) is 5.49. The molecule has 0 aliphatic carbocycles. The molecular formula is C21H26ClN3O. The van der Waals surface area contributed by atoms with Crippen molar-refractivity contribution >= 4 is 17.5 Å². The summed E-state index contributed by atoms with van der Waals surface area (Å²) in [5, 5.41) is 0.795. The van der Waals surface area contributed by atoms with E-state index in [0.29, 0.717) is 19.5 Å². The van der Waals surface area contributed by atoms with E-state index in [-0.39, 0.29) is 11.9 Å². The van der Waals surface area contributed by atoms with Crippen molar-refractivity contribution in [3.63, 3.8) is 0 Å². The van der Waals surface area contributed by atoms with Gasteiger partial charge in [-0.15, -0.1) is 0 Å². The first kappa shape index (κ1) is 18.9. The molecule has 0 spiro atoms. The maximum atomic E-state index is 12.7. The quantitative estimate of drug-likeness (QED) is 0.878. The zero-order valence-electron chi connectivity index (χ0n) is 15.1. The Bertz CT molecular complexity index is 729. The summed E-state index contributed by atoms with van der Waals surface area (Å²) >= 11 is 6.33. The van der Waals surface area contributed by atoms with Gasteiger partial charge in [-0.25, -0.2) is 0 Å². The standard InChI is InChI=1S/C21H26ClN3O/c1-16(18-9-5-6-10-19(18)22)24-11-13-25(14-12-24)21(26)20(23)15-17-7-3-2-4-8-17/h2-10,16,20H,11-15,23H2,1H3. The molecular weight excluding hydrogens is 346 g/mol. The summed E-state index contributed by atoms with van der Waals surface area (Å²) < 4.78 is 0. The average molecular weight is 372 g/mol. The van der Waals surface area contributed by atoms with Crippen molar-refractivity contribution in [2.24, 2.45) is 5.73 Å². The molecule has 5 heteroatoms. The van der Waals surface area contributed by atoms with Crippen LogP contribution in [0.25, 0.3) is 0 Å². The van der Waals surface area contributed by atoms with Crippen LogP contribution in [0.1, 0.15) is 24.1 Å². The molecule has 0 saturated carbocycles. The van der Waals surface area contributed by atoms with Crippen LogP contribution in [-0.2, 0) is 11.2 Å². The number of carbonyl (C=O) groups excluding carboxylic acids is 1. The minimum absolute atomic E-state index is 0.0406. The van der Waals surface area contributed by atoms with Gasteiger partial charge < -0.3 is 10.6 Å². The van der Waals surface area contributed by atoms with Crippen molar-refractivity contribution in [3.05, 3.63) is 70.7 Å². The number of nitrogens with two attached hydrogens (primary N) is 1. The normalized spacial score (nSPS) is 17.7. The molecule has 2 unspecified atom stereocenters. The van der Waals surface area contributed by atoms with Crippen molar-refractivity contribution in [2.45, 2.75) is 25.4 Å². The highest BCUT2D eigenvalue weighted by Crippen LogP contribution is 2.27. The van der Waals surface area contributed by atoms with Gasteiger partial charge in [0.05, 0.1) is 6.04 Å². The van der Waals surface area contributed by atoms with Crippen LogP contribution in [0.15, 0.2) is 54.6 Å². The van der Waals surface area contributed by atoms with Crippen LogP contribution in [0.5, 0.6) is 0 Å². The predicted octanol–water partition coefficient (Wildman–Crippen LogP) is 3.12. The summed E-state index contributed by atoms with van der Waals surface area (Å²) in [5.74, 6) is 0.0406. The minimum atomic E-state index is -0.482. The number of carbonyl (C=O) groups is 1. The Morgan fingerprint density at radius 2 is 1.65 bits per heavy atom. The number of hydrogen-bond donors (Lipinski definition) is 1. The first-order valence-corrected chi connectivity index (χ1v) is 9.51. The van der Waals surface area contributed by atoms with E-state index in [9.17, 15) is 4.79 Å². The SMILES string of the molecule is CC(c1ccccc1Cl)N1CCN(C(=O)C(N)Cc2ccccc2)CC1. The second kappa shape index (κ2) is 8.67. The van der Waals surface area contributed by atoms with E-state index >= 15 is 0 Å². The smallest absolute Gasteiger partial charge is 0.239 e. The van der Waals surface area contributed by atoms with E-state index < -0.39 is 6.04 Å². The fourth-order valence-corrected chi connectivity index (χ4v) is 3.82. The Hall–Kier alpha value is -1.88. The van der Waals surface area contributed by atoms with Crippen LogP contribution in [0.3, 0.4) is 0 Å². The lowest BCUT2D eigenvalue weighted by atomic mass is 10.0. The van der Waals surface area contributed by atoms with Gasteiger partial charge in [0, 0.05) is 37.2 Å². The highest BCUT2D eigenvalue weighted by Gasteiger charge is 2.28. The Morgan fingerprint density at radius 3 is 2.31 bits per heavy atom. The molecule has 2 atom stereocenters. The van der Waals surface area contributed by atoms with E-state index in [2.05, 4.69) is 17.9 Å². The maximum absolute atomic E-state index is 12.7. The summed E-state index contributed by atoms with van der Waals surface area (Å²) in [5.41, 5.74) is 8.39. The van der Waals surface area contributed by atoms with Crippen molar-refractivity contribution in [2.75, 3.05) is 26.2 Å². The van der Waals surface area contributed by atoms with E-state index in [4.69, 9.17) is 17.3 Å². The Morgan fingerprint density at radius 1 is 1.04 bits per heavy atom. The van der Waals surface area contributed by atoms with Gasteiger partial charge in [-0.2, -0.15) is 0 Å². The Labute approximate surface area is 160 Å². The van der Waals surface area contributed by atoms with E-state index in [1.54, 1.807) is 0 Å². The lowest BCUT2D eigenvalue weighted by molar-refractivity contribution is -0.134. The van der Waals surface area contributed by atoms with Gasteiger partial charge >= 0.3 is 0 Å². The van der Waals surface area contributed by atoms with Crippen LogP contribution in [0.2, 0.25) is 5.02 Å². The predicted molar refractivity (Wildman–Crippen MR) is 106 cm³/mol. The summed E-state index contributed by atoms with van der Waals surface area (Å²) in [6.45, 7) is 5.23. The molecule has 2 aromatic rings. The number of piperazine rings is 1. The van der Waals surface area contributed by atoms with Gasteiger partial charge in [0.1, 0.15) is 0 Å². The van der Waals surface area contributed by atoms with Gasteiger partial charge in [0.15, 0.2) is 0 Å². The molecule has 1 amide bonds. The van der Waals surface area contributed by atoms with Gasteiger partial charge in [-0.3, -0.25) is 9.69 Å². The summed E-state index contributed by atoms with van der Waals surface area (Å²) in [6, 6.07) is 17.6. The van der Waals surface area contributed by atoms with Gasteiger partial charge in [0.2, 0.25) is 5.91 Å². The molecule has 0 bridgehead atoms. The van der Waals surface area contributed by atoms with Crippen LogP contribution < -0.4 is 5.73 Å². The molecule has 3 rings (SSSR count). The van der Waals surface area contributed by atoms with Gasteiger partial charge in [-0.1, -0.05) is 60.1 Å². The first-order valence-electron chi connectivity index (χ1n) is 9.13. The van der Waals surface area contributed by atoms with Crippen LogP contribution in [0, 0.1) is 0 Å². The average Bonchev–Trinajstić information content (AvgIpc) is 2.68. The Kier molecular flexibility index (Phi) is 6.30. The monoisotopic (exact) mass is 371 g/mol. The zero-order valence-corrected chi connectivity index (χ0v) is 15.9. The number of nitrogens with zero attached hydrogens (tertiary/aromatic N) is 2. The molecule has 1 aliphatic rings. The highest BCUT2D eigenvalue weighted by atomic mass is 35.5. The van der Waals surface area contributed by atoms with E-state index in [1.807, 2.05) is 53.4 Å². The fourth-order valence-electron chi connectivity index (χ4n) is 3.53. The number of halogens is 1. The fraction of sp³-hybridized carbons (Fsp3) is 0.381. The maximum Gasteiger partial charge on any atom is 0.239 e. The second-order valence-electron chi connectivity index (χ2n) is 6.85. The van der Waals surface area contributed by atoms with Crippen LogP contribution in [-0.4, -0.2) is 47.9 Å². The molecule has 1 heterocycles. The molecule has 138 valence electrons. The van der Waals surface area contributed by atoms with E-state index in [0.717, 1.165) is 29.2 Å². The molecule has 0 aromatic heterocycles. The minimum Gasteiger partial charge on any atom is -0.339 e. The summed E-state index contributed by atoms with van der Waals surface area (Å²) in [6.07, 6.45) is 0.579. The molecule has 2 aromatic carbocycles. The second-order valence-corrected chi connectivity index (χ2v) is 7.26. The largest absolute Gasteiger partial charge is 0.339 e. The highest BCUT2D eigenvalue weighted by molar-refractivity contribution is 6.31. The van der Waals surface area contributed by atoms with Crippen molar-refractivity contribution in [1.82, 2.24) is 9.80 Å². The lowest BCUT2D eigenvalue weighted by Crippen LogP contribution is -2.53. The van der Waals surface area contributed by atoms with Gasteiger partial charge in [0.25, 0.3) is 0 Å². The molecule has 0 radical (unpaired) electrons. The van der Waals surface area contributed by atoms with E-state index in [1.165, 1.54) is 0 Å². The first-order chi connectivity index (χ1) is 12.6. The molecule has 1 aliphatic heterocycles.